The molecule has 1 aromatic rings. The molecule has 5 heteroatoms. The van der Waals surface area contributed by atoms with Gasteiger partial charge in [-0.25, -0.2) is 8.42 Å². The van der Waals surface area contributed by atoms with E-state index in [0.717, 1.165) is 12.2 Å². The summed E-state index contributed by atoms with van der Waals surface area (Å²) < 4.78 is 22.9. The summed E-state index contributed by atoms with van der Waals surface area (Å²) in [4.78, 5) is 1.32. The Morgan fingerprint density at radius 2 is 2.17 bits per heavy atom. The highest BCUT2D eigenvalue weighted by molar-refractivity contribution is 7.99. The third-order valence-electron chi connectivity index (χ3n) is 3.20. The Morgan fingerprint density at radius 3 is 2.94 bits per heavy atom. The van der Waals surface area contributed by atoms with Gasteiger partial charge in [-0.05, 0) is 23.8 Å². The summed E-state index contributed by atoms with van der Waals surface area (Å²) in [7, 11) is -2.87. The van der Waals surface area contributed by atoms with Crippen molar-refractivity contribution in [3.63, 3.8) is 0 Å². The van der Waals surface area contributed by atoms with Gasteiger partial charge in [-0.1, -0.05) is 25.1 Å². The first-order valence-electron chi connectivity index (χ1n) is 6.28. The maximum Gasteiger partial charge on any atom is 0.151 e. The van der Waals surface area contributed by atoms with Crippen molar-refractivity contribution in [2.75, 3.05) is 23.8 Å². The summed E-state index contributed by atoms with van der Waals surface area (Å²) in [5, 5.41) is 3.38. The van der Waals surface area contributed by atoms with Crippen LogP contribution in [-0.4, -0.2) is 32.2 Å². The monoisotopic (exact) mass is 285 g/mol. The normalized spacial score (nSPS) is 19.5. The van der Waals surface area contributed by atoms with E-state index < -0.39 is 9.84 Å². The molecule has 1 aliphatic heterocycles. The number of thioether (sulfide) groups is 1. The molecule has 1 atom stereocenters. The van der Waals surface area contributed by atoms with Crippen LogP contribution in [0.1, 0.15) is 24.9 Å². The maximum atomic E-state index is 11.4. The second-order valence-electron chi connectivity index (χ2n) is 4.42. The lowest BCUT2D eigenvalue weighted by molar-refractivity contribution is 0.523. The third kappa shape index (κ3) is 3.49. The number of sulfone groups is 1. The molecule has 1 heterocycles. The van der Waals surface area contributed by atoms with Gasteiger partial charge >= 0.3 is 0 Å². The van der Waals surface area contributed by atoms with Crippen molar-refractivity contribution in [2.24, 2.45) is 0 Å². The van der Waals surface area contributed by atoms with Crippen molar-refractivity contribution < 1.29 is 8.42 Å². The average molecular weight is 285 g/mol. The predicted molar refractivity (Wildman–Crippen MR) is 76.9 cm³/mol. The maximum absolute atomic E-state index is 11.4. The van der Waals surface area contributed by atoms with Crippen LogP contribution in [0.15, 0.2) is 29.2 Å². The summed E-state index contributed by atoms with van der Waals surface area (Å²) in [5.74, 6) is 1.55. The molecule has 100 valence electrons. The Hall–Kier alpha value is -0.520. The fourth-order valence-corrected chi connectivity index (χ4v) is 3.93. The third-order valence-corrected chi connectivity index (χ3v) is 6.03. The smallest absolute Gasteiger partial charge is 0.151 e. The summed E-state index contributed by atoms with van der Waals surface area (Å²) in [6.07, 6.45) is 1.06. The molecule has 0 radical (unpaired) electrons. The van der Waals surface area contributed by atoms with E-state index >= 15 is 0 Å². The number of fused-ring (bicyclic) bond motifs is 1. The zero-order chi connectivity index (χ0) is 13.0. The molecule has 1 unspecified atom stereocenters. The van der Waals surface area contributed by atoms with Crippen molar-refractivity contribution in [3.8, 4) is 0 Å². The molecule has 0 aliphatic carbocycles. The standard InChI is InChI=1S/C13H19NO2S2/c1-2-18(15,16)10-8-14-12-7-9-17-13-6-4-3-5-11(12)13/h3-6,12,14H,2,7-10H2,1H3. The molecular weight excluding hydrogens is 266 g/mol. The number of hydrogen-bond acceptors (Lipinski definition) is 4. The molecule has 0 spiro atoms. The molecule has 0 saturated heterocycles. The second-order valence-corrected chi connectivity index (χ2v) is 8.03. The van der Waals surface area contributed by atoms with E-state index in [1.165, 1.54) is 10.5 Å². The van der Waals surface area contributed by atoms with Crippen molar-refractivity contribution in [1.29, 1.82) is 0 Å². The number of rotatable bonds is 5. The van der Waals surface area contributed by atoms with Crippen LogP contribution in [0.3, 0.4) is 0 Å². The summed E-state index contributed by atoms with van der Waals surface area (Å²) in [6.45, 7) is 2.24. The topological polar surface area (TPSA) is 46.2 Å². The first kappa shape index (κ1) is 13.9. The minimum atomic E-state index is -2.87. The van der Waals surface area contributed by atoms with Gasteiger partial charge in [0.2, 0.25) is 0 Å². The van der Waals surface area contributed by atoms with E-state index in [-0.39, 0.29) is 11.5 Å². The van der Waals surface area contributed by atoms with Crippen LogP contribution in [0.25, 0.3) is 0 Å². The van der Waals surface area contributed by atoms with Crippen molar-refractivity contribution in [3.05, 3.63) is 29.8 Å². The van der Waals surface area contributed by atoms with E-state index in [0.29, 0.717) is 12.6 Å². The van der Waals surface area contributed by atoms with E-state index in [2.05, 4.69) is 23.5 Å². The van der Waals surface area contributed by atoms with E-state index in [1.807, 2.05) is 17.8 Å². The van der Waals surface area contributed by atoms with Crippen molar-refractivity contribution >= 4 is 21.6 Å². The molecule has 0 aromatic heterocycles. The Morgan fingerprint density at radius 1 is 1.39 bits per heavy atom. The van der Waals surface area contributed by atoms with Crippen LogP contribution in [0.5, 0.6) is 0 Å². The zero-order valence-corrected chi connectivity index (χ0v) is 12.2. The molecule has 0 bridgehead atoms. The minimum Gasteiger partial charge on any atom is -0.309 e. The van der Waals surface area contributed by atoms with Crippen LogP contribution in [0.4, 0.5) is 0 Å². The van der Waals surface area contributed by atoms with Gasteiger partial charge in [0.15, 0.2) is 9.84 Å². The summed E-state index contributed by atoms with van der Waals surface area (Å²) in [5.41, 5.74) is 1.31. The van der Waals surface area contributed by atoms with Crippen LogP contribution in [-0.2, 0) is 9.84 Å². The van der Waals surface area contributed by atoms with Gasteiger partial charge in [-0.3, -0.25) is 0 Å². The highest BCUT2D eigenvalue weighted by Crippen LogP contribution is 2.35. The lowest BCUT2D eigenvalue weighted by Crippen LogP contribution is -2.29. The van der Waals surface area contributed by atoms with Crippen LogP contribution < -0.4 is 5.32 Å². The number of hydrogen-bond donors (Lipinski definition) is 1. The lowest BCUT2D eigenvalue weighted by Gasteiger charge is -2.25. The van der Waals surface area contributed by atoms with Crippen molar-refractivity contribution in [1.82, 2.24) is 5.32 Å². The van der Waals surface area contributed by atoms with Gasteiger partial charge < -0.3 is 5.32 Å². The Labute approximate surface area is 113 Å². The van der Waals surface area contributed by atoms with Gasteiger partial charge in [-0.2, -0.15) is 0 Å². The molecule has 0 amide bonds. The van der Waals surface area contributed by atoms with E-state index in [1.54, 1.807) is 6.92 Å². The van der Waals surface area contributed by atoms with Crippen LogP contribution in [0.2, 0.25) is 0 Å². The number of nitrogens with one attached hydrogen (secondary N) is 1. The fraction of sp³-hybridized carbons (Fsp3) is 0.538. The fourth-order valence-electron chi connectivity index (χ4n) is 2.09. The molecule has 1 N–H and O–H groups in total. The SMILES string of the molecule is CCS(=O)(=O)CCNC1CCSc2ccccc21. The molecule has 18 heavy (non-hydrogen) atoms. The Kier molecular flexibility index (Phi) is 4.70. The highest BCUT2D eigenvalue weighted by atomic mass is 32.2. The van der Waals surface area contributed by atoms with Crippen LogP contribution in [0, 0.1) is 0 Å². The zero-order valence-electron chi connectivity index (χ0n) is 10.6. The van der Waals surface area contributed by atoms with E-state index in [9.17, 15) is 8.42 Å². The predicted octanol–water partition coefficient (Wildman–Crippen LogP) is 2.25. The van der Waals surface area contributed by atoms with Gasteiger partial charge in [0, 0.05) is 23.2 Å². The molecule has 1 aliphatic rings. The van der Waals surface area contributed by atoms with Gasteiger partial charge in [0.05, 0.1) is 5.75 Å². The van der Waals surface area contributed by atoms with Gasteiger partial charge in [0.25, 0.3) is 0 Å². The van der Waals surface area contributed by atoms with Gasteiger partial charge in [0.1, 0.15) is 0 Å². The number of benzene rings is 1. The molecule has 2 rings (SSSR count). The minimum absolute atomic E-state index is 0.228. The summed E-state index contributed by atoms with van der Waals surface area (Å²) >= 11 is 1.88. The highest BCUT2D eigenvalue weighted by Gasteiger charge is 2.20. The molecule has 1 aromatic carbocycles. The molecule has 3 nitrogen and oxygen atoms in total. The molecule has 0 fully saturated rings. The molecule has 0 saturated carbocycles. The largest absolute Gasteiger partial charge is 0.309 e. The molecular formula is C13H19NO2S2. The lowest BCUT2D eigenvalue weighted by atomic mass is 10.0. The summed E-state index contributed by atoms with van der Waals surface area (Å²) in [6, 6.07) is 8.66. The average Bonchev–Trinajstić information content (AvgIpc) is 2.39. The van der Waals surface area contributed by atoms with Crippen molar-refractivity contribution in [2.45, 2.75) is 24.3 Å². The van der Waals surface area contributed by atoms with Gasteiger partial charge in [-0.15, -0.1) is 11.8 Å². The van der Waals surface area contributed by atoms with E-state index in [4.69, 9.17) is 0 Å². The first-order chi connectivity index (χ1) is 8.62. The first-order valence-corrected chi connectivity index (χ1v) is 9.08. The quantitative estimate of drug-likeness (QED) is 0.901. The Bertz CT molecular complexity index is 499. The van der Waals surface area contributed by atoms with Crippen LogP contribution >= 0.6 is 11.8 Å². The Balaban J connectivity index is 1.96. The second kappa shape index (κ2) is 6.08.